The molecule has 0 atom stereocenters. The van der Waals surface area contributed by atoms with Crippen LogP contribution in [-0.2, 0) is 19.6 Å². The summed E-state index contributed by atoms with van der Waals surface area (Å²) >= 11 is 0. The Kier molecular flexibility index (Phi) is 6.42. The van der Waals surface area contributed by atoms with Crippen LogP contribution >= 0.6 is 12.4 Å². The van der Waals surface area contributed by atoms with Gasteiger partial charge in [-0.2, -0.15) is 4.31 Å². The summed E-state index contributed by atoms with van der Waals surface area (Å²) in [5.41, 5.74) is -0.738. The molecular weight excluding hydrogens is 318 g/mol. The summed E-state index contributed by atoms with van der Waals surface area (Å²) in [5, 5.41) is 3.22. The second kappa shape index (κ2) is 7.23. The van der Waals surface area contributed by atoms with Crippen LogP contribution in [0.3, 0.4) is 0 Å². The molecule has 1 amide bonds. The highest BCUT2D eigenvalue weighted by atomic mass is 35.5. The van der Waals surface area contributed by atoms with Crippen molar-refractivity contribution in [3.05, 3.63) is 0 Å². The molecule has 21 heavy (non-hydrogen) atoms. The molecule has 2 aliphatic rings. The first kappa shape index (κ1) is 18.6. The Bertz CT molecular complexity index is 457. The summed E-state index contributed by atoms with van der Waals surface area (Å²) in [7, 11) is -1.59. The summed E-state index contributed by atoms with van der Waals surface area (Å²) in [4.78, 5) is 14.4. The van der Waals surface area contributed by atoms with Gasteiger partial charge in [0, 0.05) is 33.3 Å². The van der Waals surface area contributed by atoms with E-state index in [1.54, 1.807) is 12.0 Å². The smallest absolute Gasteiger partial charge is 0.254 e. The van der Waals surface area contributed by atoms with Gasteiger partial charge in [-0.05, 0) is 25.9 Å². The number of rotatable bonds is 3. The molecule has 0 saturated carbocycles. The number of ether oxygens (including phenoxy) is 1. The number of piperazine rings is 1. The van der Waals surface area contributed by atoms with E-state index in [1.807, 2.05) is 0 Å². The molecule has 0 bridgehead atoms. The molecule has 7 nitrogen and oxygen atoms in total. The minimum absolute atomic E-state index is 0. The molecule has 0 spiro atoms. The third-order valence-electron chi connectivity index (χ3n) is 4.19. The summed E-state index contributed by atoms with van der Waals surface area (Å²) in [6, 6.07) is 0. The molecule has 2 heterocycles. The average molecular weight is 342 g/mol. The molecule has 124 valence electrons. The van der Waals surface area contributed by atoms with Crippen molar-refractivity contribution in [3.63, 3.8) is 0 Å². The molecule has 0 aromatic heterocycles. The van der Waals surface area contributed by atoms with Crippen molar-refractivity contribution in [1.29, 1.82) is 0 Å². The number of sulfonamides is 1. The van der Waals surface area contributed by atoms with Crippen LogP contribution in [0.4, 0.5) is 0 Å². The Balaban J connectivity index is 0.00000220. The van der Waals surface area contributed by atoms with Crippen molar-refractivity contribution >= 4 is 28.3 Å². The van der Waals surface area contributed by atoms with Crippen LogP contribution < -0.4 is 5.32 Å². The Morgan fingerprint density at radius 3 is 2.10 bits per heavy atom. The lowest BCUT2D eigenvalue weighted by Crippen LogP contribution is -2.59. The van der Waals surface area contributed by atoms with Gasteiger partial charge < -0.3 is 15.0 Å². The number of carbonyl (C=O) groups excluding carboxylic acids is 1. The van der Waals surface area contributed by atoms with Crippen LogP contribution in [0, 0.1) is 0 Å². The molecule has 9 heteroatoms. The number of amides is 1. The number of halogens is 1. The zero-order valence-electron chi connectivity index (χ0n) is 12.5. The quantitative estimate of drug-likeness (QED) is 0.733. The van der Waals surface area contributed by atoms with Gasteiger partial charge in [0.2, 0.25) is 10.0 Å². The van der Waals surface area contributed by atoms with E-state index < -0.39 is 15.6 Å². The summed E-state index contributed by atoms with van der Waals surface area (Å²) < 4.78 is 29.9. The summed E-state index contributed by atoms with van der Waals surface area (Å²) in [5.74, 6) is -0.00495. The van der Waals surface area contributed by atoms with Crippen LogP contribution in [0.2, 0.25) is 0 Å². The highest BCUT2D eigenvalue weighted by Crippen LogP contribution is 2.25. The minimum atomic E-state index is -3.17. The maximum absolute atomic E-state index is 12.7. The number of carbonyl (C=O) groups is 1. The first-order chi connectivity index (χ1) is 9.39. The normalized spacial score (nSPS) is 23.4. The van der Waals surface area contributed by atoms with Crippen molar-refractivity contribution in [3.8, 4) is 0 Å². The lowest BCUT2D eigenvalue weighted by atomic mass is 9.90. The van der Waals surface area contributed by atoms with E-state index >= 15 is 0 Å². The highest BCUT2D eigenvalue weighted by molar-refractivity contribution is 7.88. The molecule has 2 fully saturated rings. The topological polar surface area (TPSA) is 79.0 Å². The van der Waals surface area contributed by atoms with Crippen molar-refractivity contribution in [2.24, 2.45) is 0 Å². The third kappa shape index (κ3) is 4.07. The van der Waals surface area contributed by atoms with Crippen LogP contribution in [0.25, 0.3) is 0 Å². The number of piperidine rings is 1. The van der Waals surface area contributed by atoms with E-state index in [1.165, 1.54) is 10.6 Å². The van der Waals surface area contributed by atoms with Gasteiger partial charge in [0.15, 0.2) is 0 Å². The van der Waals surface area contributed by atoms with E-state index in [2.05, 4.69) is 5.32 Å². The van der Waals surface area contributed by atoms with Gasteiger partial charge in [-0.3, -0.25) is 4.79 Å². The second-order valence-electron chi connectivity index (χ2n) is 5.40. The van der Waals surface area contributed by atoms with E-state index in [4.69, 9.17) is 4.74 Å². The van der Waals surface area contributed by atoms with Gasteiger partial charge in [-0.25, -0.2) is 8.42 Å². The minimum Gasteiger partial charge on any atom is -0.368 e. The Labute approximate surface area is 132 Å². The largest absolute Gasteiger partial charge is 0.368 e. The van der Waals surface area contributed by atoms with Gasteiger partial charge in [-0.1, -0.05) is 0 Å². The van der Waals surface area contributed by atoms with Crippen LogP contribution in [0.5, 0.6) is 0 Å². The molecule has 0 unspecified atom stereocenters. The van der Waals surface area contributed by atoms with Crippen LogP contribution in [-0.4, -0.2) is 81.8 Å². The van der Waals surface area contributed by atoms with Crippen molar-refractivity contribution in [2.75, 3.05) is 52.6 Å². The fourth-order valence-corrected chi connectivity index (χ4v) is 3.67. The molecule has 0 aliphatic carbocycles. The highest BCUT2D eigenvalue weighted by Gasteiger charge is 2.43. The molecule has 0 radical (unpaired) electrons. The molecule has 0 aromatic carbocycles. The fourth-order valence-electron chi connectivity index (χ4n) is 2.85. The lowest BCUT2D eigenvalue weighted by molar-refractivity contribution is -0.159. The standard InChI is InChI=1S/C12H23N3O4S.ClH/c1-19-12(3-5-13-6-4-12)11(16)14-7-9-15(10-8-14)20(2,17)18;/h13H,3-10H2,1-2H3;1H. The Morgan fingerprint density at radius 1 is 1.14 bits per heavy atom. The monoisotopic (exact) mass is 341 g/mol. The zero-order chi connectivity index (χ0) is 14.8. The number of hydrogen-bond donors (Lipinski definition) is 1. The molecule has 2 rings (SSSR count). The predicted octanol–water partition coefficient (Wildman–Crippen LogP) is -0.719. The maximum atomic E-state index is 12.7. The Morgan fingerprint density at radius 2 is 1.67 bits per heavy atom. The van der Waals surface area contributed by atoms with Gasteiger partial charge >= 0.3 is 0 Å². The lowest BCUT2D eigenvalue weighted by Gasteiger charge is -2.41. The molecule has 2 saturated heterocycles. The third-order valence-corrected chi connectivity index (χ3v) is 5.49. The van der Waals surface area contributed by atoms with Crippen molar-refractivity contribution in [2.45, 2.75) is 18.4 Å². The van der Waals surface area contributed by atoms with Gasteiger partial charge in [0.1, 0.15) is 5.60 Å². The first-order valence-electron chi connectivity index (χ1n) is 6.89. The fraction of sp³-hybridized carbons (Fsp3) is 0.917. The number of methoxy groups -OCH3 is 1. The van der Waals surface area contributed by atoms with Gasteiger partial charge in [0.25, 0.3) is 5.91 Å². The SMILES string of the molecule is COC1(C(=O)N2CCN(S(C)(=O)=O)CC2)CCNCC1.Cl. The summed E-state index contributed by atoms with van der Waals surface area (Å²) in [6.45, 7) is 3.13. The molecule has 0 aromatic rings. The number of nitrogens with one attached hydrogen (secondary N) is 1. The molecule has 1 N–H and O–H groups in total. The second-order valence-corrected chi connectivity index (χ2v) is 7.39. The van der Waals surface area contributed by atoms with Crippen LogP contribution in [0.1, 0.15) is 12.8 Å². The maximum Gasteiger partial charge on any atom is 0.254 e. The zero-order valence-corrected chi connectivity index (χ0v) is 14.1. The molecular formula is C12H24ClN3O4S. The van der Waals surface area contributed by atoms with E-state index in [0.29, 0.717) is 39.0 Å². The van der Waals surface area contributed by atoms with E-state index in [0.717, 1.165) is 13.1 Å². The summed E-state index contributed by atoms with van der Waals surface area (Å²) in [6.07, 6.45) is 2.52. The average Bonchev–Trinajstić information content (AvgIpc) is 2.46. The van der Waals surface area contributed by atoms with E-state index in [-0.39, 0.29) is 18.3 Å². The predicted molar refractivity (Wildman–Crippen MR) is 82.1 cm³/mol. The Hall–Kier alpha value is -0.410. The number of hydrogen-bond acceptors (Lipinski definition) is 5. The number of nitrogens with zero attached hydrogens (tertiary/aromatic N) is 2. The van der Waals surface area contributed by atoms with E-state index in [9.17, 15) is 13.2 Å². The van der Waals surface area contributed by atoms with Gasteiger partial charge in [0.05, 0.1) is 6.26 Å². The van der Waals surface area contributed by atoms with Crippen molar-refractivity contribution < 1.29 is 17.9 Å². The van der Waals surface area contributed by atoms with Gasteiger partial charge in [-0.15, -0.1) is 12.4 Å². The van der Waals surface area contributed by atoms with Crippen LogP contribution in [0.15, 0.2) is 0 Å². The molecule has 2 aliphatic heterocycles. The first-order valence-corrected chi connectivity index (χ1v) is 8.74. The van der Waals surface area contributed by atoms with Crippen molar-refractivity contribution in [1.82, 2.24) is 14.5 Å².